The van der Waals surface area contributed by atoms with Crippen molar-refractivity contribution in [1.29, 1.82) is 0 Å². The lowest BCUT2D eigenvalue weighted by atomic mass is 10.1. The van der Waals surface area contributed by atoms with Crippen molar-refractivity contribution in [2.45, 2.75) is 20.8 Å². The second kappa shape index (κ2) is 5.84. The average Bonchev–Trinajstić information content (AvgIpc) is 3.15. The molecule has 7 heteroatoms. The number of imidazole rings is 1. The number of pyridine rings is 1. The van der Waals surface area contributed by atoms with Gasteiger partial charge >= 0.3 is 0 Å². The topological polar surface area (TPSA) is 70.9 Å². The highest BCUT2D eigenvalue weighted by Crippen LogP contribution is 2.29. The van der Waals surface area contributed by atoms with Crippen LogP contribution in [0.2, 0.25) is 0 Å². The molecular formula is C18H19FN6. The molecule has 0 fully saturated rings. The largest absolute Gasteiger partial charge is 0.354 e. The standard InChI is InChI=1S/C18H19FN6/c1-10(2)5-21-18-22-7-14-13(6-20-16(14)24-18)12-4-15(19)17-23-11(3)8-25(17)9-12/h4,6-10H,5H2,1-3H3,(H2,20,21,22,24). The summed E-state index contributed by atoms with van der Waals surface area (Å²) < 4.78 is 16.1. The first-order chi connectivity index (χ1) is 12.0. The Labute approximate surface area is 144 Å². The molecule has 0 aliphatic rings. The number of H-pyrrole nitrogens is 1. The molecule has 0 bridgehead atoms. The van der Waals surface area contributed by atoms with Gasteiger partial charge in [-0.2, -0.15) is 4.98 Å². The van der Waals surface area contributed by atoms with E-state index in [-0.39, 0.29) is 5.82 Å². The molecule has 0 aromatic carbocycles. The summed E-state index contributed by atoms with van der Waals surface area (Å²) in [4.78, 5) is 16.2. The number of aromatic nitrogens is 5. The molecule has 6 nitrogen and oxygen atoms in total. The Balaban J connectivity index is 1.76. The fourth-order valence-corrected chi connectivity index (χ4v) is 2.85. The third kappa shape index (κ3) is 2.82. The predicted molar refractivity (Wildman–Crippen MR) is 96.1 cm³/mol. The molecule has 0 saturated heterocycles. The minimum absolute atomic E-state index is 0.331. The number of nitrogens with zero attached hydrogens (tertiary/aromatic N) is 4. The zero-order valence-corrected chi connectivity index (χ0v) is 14.3. The summed E-state index contributed by atoms with van der Waals surface area (Å²) in [5, 5.41) is 4.06. The van der Waals surface area contributed by atoms with Gasteiger partial charge in [0.15, 0.2) is 11.5 Å². The quantitative estimate of drug-likeness (QED) is 0.594. The van der Waals surface area contributed by atoms with Crippen LogP contribution in [-0.2, 0) is 0 Å². The summed E-state index contributed by atoms with van der Waals surface area (Å²) in [6.45, 7) is 6.90. The highest BCUT2D eigenvalue weighted by Gasteiger charge is 2.13. The van der Waals surface area contributed by atoms with E-state index >= 15 is 0 Å². The number of hydrogen-bond acceptors (Lipinski definition) is 4. The second-order valence-electron chi connectivity index (χ2n) is 6.62. The number of hydrogen-bond donors (Lipinski definition) is 2. The summed E-state index contributed by atoms with van der Waals surface area (Å²) in [5.74, 6) is 0.740. The molecule has 2 N–H and O–H groups in total. The van der Waals surface area contributed by atoms with Crippen LogP contribution in [0.4, 0.5) is 10.3 Å². The van der Waals surface area contributed by atoms with Crippen molar-refractivity contribution in [3.8, 4) is 11.1 Å². The fourth-order valence-electron chi connectivity index (χ4n) is 2.85. The van der Waals surface area contributed by atoms with Gasteiger partial charge in [0.2, 0.25) is 5.95 Å². The monoisotopic (exact) mass is 338 g/mol. The van der Waals surface area contributed by atoms with Gasteiger partial charge in [-0.25, -0.2) is 14.4 Å². The number of halogens is 1. The van der Waals surface area contributed by atoms with E-state index in [0.29, 0.717) is 17.5 Å². The van der Waals surface area contributed by atoms with Gasteiger partial charge in [-0.3, -0.25) is 0 Å². The molecule has 4 rings (SSSR count). The number of rotatable bonds is 4. The molecule has 4 aromatic heterocycles. The van der Waals surface area contributed by atoms with Gasteiger partial charge in [-0.15, -0.1) is 0 Å². The SMILES string of the molecule is Cc1cn2cc(-c3c[nH]c4nc(NCC(C)C)ncc34)cc(F)c2n1. The van der Waals surface area contributed by atoms with Crippen LogP contribution < -0.4 is 5.32 Å². The molecule has 0 saturated carbocycles. The van der Waals surface area contributed by atoms with Crippen molar-refractivity contribution in [1.82, 2.24) is 24.3 Å². The second-order valence-corrected chi connectivity index (χ2v) is 6.62. The summed E-state index contributed by atoms with van der Waals surface area (Å²) >= 11 is 0. The number of fused-ring (bicyclic) bond motifs is 2. The summed E-state index contributed by atoms with van der Waals surface area (Å²) in [5.41, 5.74) is 3.44. The van der Waals surface area contributed by atoms with E-state index in [0.717, 1.165) is 34.4 Å². The highest BCUT2D eigenvalue weighted by atomic mass is 19.1. The lowest BCUT2D eigenvalue weighted by Gasteiger charge is -2.07. The molecule has 0 amide bonds. The van der Waals surface area contributed by atoms with E-state index in [1.807, 2.05) is 19.3 Å². The van der Waals surface area contributed by atoms with Crippen molar-refractivity contribution in [3.05, 3.63) is 42.4 Å². The number of aromatic amines is 1. The van der Waals surface area contributed by atoms with Crippen LogP contribution in [0.1, 0.15) is 19.5 Å². The third-order valence-electron chi connectivity index (χ3n) is 4.04. The Kier molecular flexibility index (Phi) is 3.63. The maximum absolute atomic E-state index is 14.4. The van der Waals surface area contributed by atoms with Crippen LogP contribution in [0.3, 0.4) is 0 Å². The maximum Gasteiger partial charge on any atom is 0.224 e. The number of nitrogens with one attached hydrogen (secondary N) is 2. The minimum Gasteiger partial charge on any atom is -0.354 e. The minimum atomic E-state index is -0.351. The third-order valence-corrected chi connectivity index (χ3v) is 4.04. The summed E-state index contributed by atoms with van der Waals surface area (Å²) in [7, 11) is 0. The van der Waals surface area contributed by atoms with E-state index in [1.54, 1.807) is 16.8 Å². The van der Waals surface area contributed by atoms with Crippen molar-refractivity contribution in [3.63, 3.8) is 0 Å². The molecular weight excluding hydrogens is 319 g/mol. The summed E-state index contributed by atoms with van der Waals surface area (Å²) in [6.07, 6.45) is 7.27. The summed E-state index contributed by atoms with van der Waals surface area (Å²) in [6, 6.07) is 1.50. The molecule has 0 aliphatic heterocycles. The first-order valence-electron chi connectivity index (χ1n) is 8.24. The smallest absolute Gasteiger partial charge is 0.224 e. The number of anilines is 1. The van der Waals surface area contributed by atoms with Crippen LogP contribution in [0, 0.1) is 18.7 Å². The van der Waals surface area contributed by atoms with Crippen LogP contribution in [0.25, 0.3) is 27.8 Å². The molecule has 0 aliphatic carbocycles. The number of aryl methyl sites for hydroxylation is 1. The zero-order chi connectivity index (χ0) is 17.6. The van der Waals surface area contributed by atoms with Gasteiger partial charge in [0.05, 0.1) is 5.69 Å². The first-order valence-corrected chi connectivity index (χ1v) is 8.24. The van der Waals surface area contributed by atoms with Crippen molar-refractivity contribution < 1.29 is 4.39 Å². The molecule has 4 aromatic rings. The fraction of sp³-hybridized carbons (Fsp3) is 0.278. The van der Waals surface area contributed by atoms with E-state index in [9.17, 15) is 4.39 Å². The van der Waals surface area contributed by atoms with Gasteiger partial charge in [-0.1, -0.05) is 13.8 Å². The Morgan fingerprint density at radius 3 is 2.92 bits per heavy atom. The van der Waals surface area contributed by atoms with Gasteiger partial charge in [0.25, 0.3) is 0 Å². The Morgan fingerprint density at radius 2 is 2.12 bits per heavy atom. The average molecular weight is 338 g/mol. The zero-order valence-electron chi connectivity index (χ0n) is 14.3. The van der Waals surface area contributed by atoms with Crippen LogP contribution in [0.5, 0.6) is 0 Å². The molecule has 128 valence electrons. The Morgan fingerprint density at radius 1 is 1.28 bits per heavy atom. The Hall–Kier alpha value is -2.96. The van der Waals surface area contributed by atoms with Gasteiger partial charge < -0.3 is 14.7 Å². The molecule has 0 atom stereocenters. The maximum atomic E-state index is 14.4. The molecule has 0 unspecified atom stereocenters. The van der Waals surface area contributed by atoms with E-state index in [1.165, 1.54) is 6.07 Å². The van der Waals surface area contributed by atoms with Crippen molar-refractivity contribution in [2.75, 3.05) is 11.9 Å². The lowest BCUT2D eigenvalue weighted by Crippen LogP contribution is -2.10. The van der Waals surface area contributed by atoms with Crippen LogP contribution >= 0.6 is 0 Å². The van der Waals surface area contributed by atoms with Crippen molar-refractivity contribution >= 4 is 22.6 Å². The molecule has 0 radical (unpaired) electrons. The van der Waals surface area contributed by atoms with Gasteiger partial charge in [0, 0.05) is 47.8 Å². The van der Waals surface area contributed by atoms with Crippen LogP contribution in [-0.4, -0.2) is 30.9 Å². The molecule has 0 spiro atoms. The lowest BCUT2D eigenvalue weighted by molar-refractivity contribution is 0.630. The van der Waals surface area contributed by atoms with Gasteiger partial charge in [-0.05, 0) is 18.9 Å². The van der Waals surface area contributed by atoms with E-state index < -0.39 is 0 Å². The normalized spacial score (nSPS) is 11.7. The molecule has 25 heavy (non-hydrogen) atoms. The first kappa shape index (κ1) is 15.6. The van der Waals surface area contributed by atoms with Crippen LogP contribution in [0.15, 0.2) is 30.9 Å². The van der Waals surface area contributed by atoms with E-state index in [2.05, 4.69) is 39.1 Å². The predicted octanol–water partition coefficient (Wildman–Crippen LogP) is 3.79. The van der Waals surface area contributed by atoms with Gasteiger partial charge in [0.1, 0.15) is 5.65 Å². The van der Waals surface area contributed by atoms with E-state index in [4.69, 9.17) is 0 Å². The molecule has 4 heterocycles. The Bertz CT molecular complexity index is 1060. The van der Waals surface area contributed by atoms with Crippen molar-refractivity contribution in [2.24, 2.45) is 5.92 Å². The highest BCUT2D eigenvalue weighted by molar-refractivity contribution is 5.93.